The predicted molar refractivity (Wildman–Crippen MR) is 59.6 cm³/mol. The molecule has 0 spiro atoms. The van der Waals surface area contributed by atoms with E-state index in [2.05, 4.69) is 25.9 Å². The van der Waals surface area contributed by atoms with Crippen LogP contribution in [-0.4, -0.2) is 9.97 Å². The second-order valence-corrected chi connectivity index (χ2v) is 3.66. The molecule has 0 unspecified atom stereocenters. The Hall–Kier alpha value is -1.42. The van der Waals surface area contributed by atoms with E-state index >= 15 is 0 Å². The van der Waals surface area contributed by atoms with Gasteiger partial charge in [0.1, 0.15) is 5.82 Å². The highest BCUT2D eigenvalue weighted by atomic mass is 79.9. The lowest BCUT2D eigenvalue weighted by Gasteiger charge is -2.01. The maximum absolute atomic E-state index is 5.59. The number of nitrogens with two attached hydrogens (primary N) is 1. The molecule has 0 atom stereocenters. The van der Waals surface area contributed by atoms with E-state index in [0.717, 1.165) is 15.7 Å². The molecule has 2 rings (SSSR count). The van der Waals surface area contributed by atoms with Crippen molar-refractivity contribution in [2.45, 2.75) is 0 Å². The highest BCUT2D eigenvalue weighted by molar-refractivity contribution is 9.10. The molecule has 0 bridgehead atoms. The molecule has 2 aromatic heterocycles. The smallest absolute Gasteiger partial charge is 0.137 e. The first-order valence-corrected chi connectivity index (χ1v) is 4.89. The molecule has 2 aromatic rings. The van der Waals surface area contributed by atoms with Crippen LogP contribution in [0.2, 0.25) is 0 Å². The van der Waals surface area contributed by atoms with Crippen LogP contribution in [-0.2, 0) is 0 Å². The van der Waals surface area contributed by atoms with Gasteiger partial charge in [0.25, 0.3) is 0 Å². The summed E-state index contributed by atoms with van der Waals surface area (Å²) in [6.07, 6.45) is 3.46. The molecule has 70 valence electrons. The minimum Gasteiger partial charge on any atom is -0.383 e. The van der Waals surface area contributed by atoms with Crippen LogP contribution >= 0.6 is 15.9 Å². The number of halogens is 1. The van der Waals surface area contributed by atoms with Crippen molar-refractivity contribution >= 4 is 21.7 Å². The Bertz CT molecular complexity index is 442. The van der Waals surface area contributed by atoms with Crippen LogP contribution in [0, 0.1) is 0 Å². The van der Waals surface area contributed by atoms with Gasteiger partial charge < -0.3 is 5.73 Å². The average molecular weight is 250 g/mol. The molecule has 0 amide bonds. The maximum Gasteiger partial charge on any atom is 0.137 e. The molecular formula is C10H8BrN3. The molecule has 0 aromatic carbocycles. The number of rotatable bonds is 1. The standard InChI is InChI=1S/C10H8BrN3/c11-8-5-7(6-14-10(8)12)9-3-1-2-4-13-9/h1-6H,(H2,12,14). The topological polar surface area (TPSA) is 51.8 Å². The van der Waals surface area contributed by atoms with Crippen molar-refractivity contribution in [1.29, 1.82) is 0 Å². The number of pyridine rings is 2. The molecule has 2 heterocycles. The largest absolute Gasteiger partial charge is 0.383 e. The van der Waals surface area contributed by atoms with Gasteiger partial charge in [-0.25, -0.2) is 4.98 Å². The molecule has 3 nitrogen and oxygen atoms in total. The van der Waals surface area contributed by atoms with E-state index in [1.165, 1.54) is 0 Å². The summed E-state index contributed by atoms with van der Waals surface area (Å²) in [5.41, 5.74) is 7.43. The highest BCUT2D eigenvalue weighted by Crippen LogP contribution is 2.23. The summed E-state index contributed by atoms with van der Waals surface area (Å²) in [4.78, 5) is 8.26. The lowest BCUT2D eigenvalue weighted by Crippen LogP contribution is -1.92. The Morgan fingerprint density at radius 2 is 2.07 bits per heavy atom. The third-order valence-corrected chi connectivity index (χ3v) is 2.47. The minimum absolute atomic E-state index is 0.490. The van der Waals surface area contributed by atoms with Gasteiger partial charge >= 0.3 is 0 Å². The fourth-order valence-electron chi connectivity index (χ4n) is 1.12. The predicted octanol–water partition coefficient (Wildman–Crippen LogP) is 2.49. The molecule has 0 aliphatic heterocycles. The SMILES string of the molecule is Nc1ncc(-c2ccccn2)cc1Br. The molecule has 0 fully saturated rings. The summed E-state index contributed by atoms with van der Waals surface area (Å²) in [5.74, 6) is 0.490. The van der Waals surface area contributed by atoms with Gasteiger partial charge in [-0.3, -0.25) is 4.98 Å². The number of nitrogen functional groups attached to an aromatic ring is 1. The van der Waals surface area contributed by atoms with E-state index in [-0.39, 0.29) is 0 Å². The highest BCUT2D eigenvalue weighted by Gasteiger charge is 2.01. The van der Waals surface area contributed by atoms with Crippen LogP contribution in [0.3, 0.4) is 0 Å². The van der Waals surface area contributed by atoms with Crippen molar-refractivity contribution in [1.82, 2.24) is 9.97 Å². The molecule has 0 saturated carbocycles. The zero-order chi connectivity index (χ0) is 9.97. The minimum atomic E-state index is 0.490. The molecule has 4 heteroatoms. The van der Waals surface area contributed by atoms with Crippen molar-refractivity contribution in [3.8, 4) is 11.3 Å². The second-order valence-electron chi connectivity index (χ2n) is 2.81. The van der Waals surface area contributed by atoms with E-state index in [0.29, 0.717) is 5.82 Å². The van der Waals surface area contributed by atoms with Crippen LogP contribution in [0.1, 0.15) is 0 Å². The summed E-state index contributed by atoms with van der Waals surface area (Å²) < 4.78 is 0.792. The number of nitrogens with zero attached hydrogens (tertiary/aromatic N) is 2. The van der Waals surface area contributed by atoms with Gasteiger partial charge in [-0.05, 0) is 34.1 Å². The third kappa shape index (κ3) is 1.75. The van der Waals surface area contributed by atoms with Gasteiger partial charge in [-0.15, -0.1) is 0 Å². The van der Waals surface area contributed by atoms with Crippen molar-refractivity contribution in [2.24, 2.45) is 0 Å². The van der Waals surface area contributed by atoms with Crippen molar-refractivity contribution in [3.05, 3.63) is 41.1 Å². The maximum atomic E-state index is 5.59. The van der Waals surface area contributed by atoms with Gasteiger partial charge in [0.2, 0.25) is 0 Å². The van der Waals surface area contributed by atoms with Crippen LogP contribution in [0.4, 0.5) is 5.82 Å². The van der Waals surface area contributed by atoms with Crippen LogP contribution in [0.15, 0.2) is 41.1 Å². The van der Waals surface area contributed by atoms with E-state index in [9.17, 15) is 0 Å². The zero-order valence-electron chi connectivity index (χ0n) is 7.31. The Balaban J connectivity index is 2.48. The Labute approximate surface area is 90.1 Å². The van der Waals surface area contributed by atoms with Gasteiger partial charge in [-0.1, -0.05) is 6.07 Å². The van der Waals surface area contributed by atoms with Gasteiger partial charge in [0, 0.05) is 18.0 Å². The van der Waals surface area contributed by atoms with E-state index in [1.54, 1.807) is 12.4 Å². The average Bonchev–Trinajstić information content (AvgIpc) is 2.23. The lowest BCUT2D eigenvalue weighted by atomic mass is 10.2. The number of hydrogen-bond donors (Lipinski definition) is 1. The number of hydrogen-bond acceptors (Lipinski definition) is 3. The molecule has 0 aliphatic rings. The fourth-order valence-corrected chi connectivity index (χ4v) is 1.47. The zero-order valence-corrected chi connectivity index (χ0v) is 8.90. The van der Waals surface area contributed by atoms with Crippen molar-refractivity contribution in [3.63, 3.8) is 0 Å². The Morgan fingerprint density at radius 1 is 1.21 bits per heavy atom. The Morgan fingerprint density at radius 3 is 2.71 bits per heavy atom. The second kappa shape index (κ2) is 3.75. The van der Waals surface area contributed by atoms with Crippen molar-refractivity contribution in [2.75, 3.05) is 5.73 Å². The van der Waals surface area contributed by atoms with Gasteiger partial charge in [0.15, 0.2) is 0 Å². The van der Waals surface area contributed by atoms with Crippen LogP contribution in [0.25, 0.3) is 11.3 Å². The van der Waals surface area contributed by atoms with E-state index in [1.807, 2.05) is 24.3 Å². The van der Waals surface area contributed by atoms with E-state index < -0.39 is 0 Å². The van der Waals surface area contributed by atoms with Gasteiger partial charge in [-0.2, -0.15) is 0 Å². The molecule has 2 N–H and O–H groups in total. The van der Waals surface area contributed by atoms with Crippen LogP contribution in [0.5, 0.6) is 0 Å². The number of aromatic nitrogens is 2. The lowest BCUT2D eigenvalue weighted by molar-refractivity contribution is 1.27. The first kappa shape index (κ1) is 9.15. The van der Waals surface area contributed by atoms with Crippen LogP contribution < -0.4 is 5.73 Å². The van der Waals surface area contributed by atoms with Crippen molar-refractivity contribution < 1.29 is 0 Å². The molecular weight excluding hydrogens is 242 g/mol. The summed E-state index contributed by atoms with van der Waals surface area (Å²) >= 11 is 3.33. The molecule has 0 radical (unpaired) electrons. The Kier molecular flexibility index (Phi) is 2.45. The summed E-state index contributed by atoms with van der Waals surface area (Å²) in [6, 6.07) is 7.65. The monoisotopic (exact) mass is 249 g/mol. The van der Waals surface area contributed by atoms with E-state index in [4.69, 9.17) is 5.73 Å². The summed E-state index contributed by atoms with van der Waals surface area (Å²) in [5, 5.41) is 0. The first-order chi connectivity index (χ1) is 6.77. The third-order valence-electron chi connectivity index (χ3n) is 1.83. The number of anilines is 1. The fraction of sp³-hybridized carbons (Fsp3) is 0. The summed E-state index contributed by atoms with van der Waals surface area (Å²) in [7, 11) is 0. The first-order valence-electron chi connectivity index (χ1n) is 4.10. The molecule has 0 aliphatic carbocycles. The normalized spacial score (nSPS) is 10.1. The van der Waals surface area contributed by atoms with Gasteiger partial charge in [0.05, 0.1) is 10.2 Å². The summed E-state index contributed by atoms with van der Waals surface area (Å²) in [6.45, 7) is 0. The molecule has 14 heavy (non-hydrogen) atoms. The molecule has 0 saturated heterocycles. The quantitative estimate of drug-likeness (QED) is 0.845.